The van der Waals surface area contributed by atoms with Crippen molar-refractivity contribution in [1.82, 2.24) is 0 Å². The Morgan fingerprint density at radius 3 is 2.10 bits per heavy atom. The molecule has 1 aliphatic heterocycles. The molecule has 1 aliphatic rings. The van der Waals surface area contributed by atoms with E-state index in [-0.39, 0.29) is 5.48 Å². The van der Waals surface area contributed by atoms with Gasteiger partial charge in [0.05, 0.1) is 8.07 Å². The predicted molar refractivity (Wildman–Crippen MR) is 49.2 cm³/mol. The Hall–Kier alpha value is 0.177. The molecule has 1 saturated heterocycles. The first-order chi connectivity index (χ1) is 4.13. The second kappa shape index (κ2) is 3.53. The molecule has 62 valence electrons. The fourth-order valence-electron chi connectivity index (χ4n) is 1.67. The zero-order chi connectivity index (χ0) is 6.91. The van der Waals surface area contributed by atoms with Gasteiger partial charge in [0.15, 0.2) is 0 Å². The van der Waals surface area contributed by atoms with Crippen molar-refractivity contribution in [2.75, 3.05) is 0 Å². The fraction of sp³-hybridized carbons (Fsp3) is 1.00. The highest BCUT2D eigenvalue weighted by Crippen LogP contribution is 2.36. The van der Waals surface area contributed by atoms with Gasteiger partial charge in [-0.25, -0.2) is 0 Å². The van der Waals surface area contributed by atoms with Crippen LogP contribution < -0.4 is 0 Å². The average Bonchev–Trinajstić information content (AvgIpc) is 1.77. The molecule has 0 bridgehead atoms. The van der Waals surface area contributed by atoms with Crippen LogP contribution in [0.4, 0.5) is 0 Å². The summed E-state index contributed by atoms with van der Waals surface area (Å²) in [7, 11) is -0.694. The van der Waals surface area contributed by atoms with Crippen LogP contribution >= 0.6 is 0 Å². The molecule has 0 aliphatic carbocycles. The summed E-state index contributed by atoms with van der Waals surface area (Å²) in [6.45, 7) is 7.53. The van der Waals surface area contributed by atoms with Crippen LogP contribution in [0.5, 0.6) is 0 Å². The quantitative estimate of drug-likeness (QED) is 0.488. The standard InChI is InChI=1S/C8H18Si.H2O/c1-8-6-4-5-7-9(8,2)3;/h8H,4-7H2,1-3H3;1H2. The van der Waals surface area contributed by atoms with E-state index in [0.29, 0.717) is 0 Å². The average molecular weight is 160 g/mol. The Kier molecular flexibility index (Phi) is 3.60. The largest absolute Gasteiger partial charge is 0.412 e. The van der Waals surface area contributed by atoms with E-state index in [4.69, 9.17) is 0 Å². The molecule has 0 spiro atoms. The Morgan fingerprint density at radius 2 is 1.80 bits per heavy atom. The molecule has 0 amide bonds. The number of hydrogen-bond donors (Lipinski definition) is 0. The molecule has 1 rings (SSSR count). The van der Waals surface area contributed by atoms with Gasteiger partial charge in [-0.1, -0.05) is 45.3 Å². The molecule has 1 nitrogen and oxygen atoms in total. The Morgan fingerprint density at radius 1 is 1.20 bits per heavy atom. The van der Waals surface area contributed by atoms with Crippen LogP contribution in [-0.4, -0.2) is 13.6 Å². The van der Waals surface area contributed by atoms with Crippen molar-refractivity contribution in [1.29, 1.82) is 0 Å². The van der Waals surface area contributed by atoms with Crippen LogP contribution in [0.3, 0.4) is 0 Å². The molecule has 2 N–H and O–H groups in total. The lowest BCUT2D eigenvalue weighted by atomic mass is 10.2. The summed E-state index contributed by atoms with van der Waals surface area (Å²) in [6, 6.07) is 1.58. The first-order valence-electron chi connectivity index (χ1n) is 4.13. The van der Waals surface area contributed by atoms with E-state index < -0.39 is 8.07 Å². The van der Waals surface area contributed by atoms with Gasteiger partial charge in [0.2, 0.25) is 0 Å². The van der Waals surface area contributed by atoms with Gasteiger partial charge in [-0.2, -0.15) is 0 Å². The maximum Gasteiger partial charge on any atom is 0.0502 e. The number of rotatable bonds is 0. The minimum absolute atomic E-state index is 0. The van der Waals surface area contributed by atoms with E-state index in [1.54, 1.807) is 6.04 Å². The van der Waals surface area contributed by atoms with E-state index in [1.165, 1.54) is 19.3 Å². The summed E-state index contributed by atoms with van der Waals surface area (Å²) in [4.78, 5) is 0. The predicted octanol–water partition coefficient (Wildman–Crippen LogP) is 2.44. The van der Waals surface area contributed by atoms with E-state index >= 15 is 0 Å². The van der Waals surface area contributed by atoms with Gasteiger partial charge in [-0.3, -0.25) is 0 Å². The Balaban J connectivity index is 0.000000810. The first kappa shape index (κ1) is 10.2. The molecular formula is C8H20OSi. The molecule has 1 fully saturated rings. The highest BCUT2D eigenvalue weighted by molar-refractivity contribution is 6.78. The lowest BCUT2D eigenvalue weighted by molar-refractivity contribution is 0.635. The molecule has 2 heteroatoms. The zero-order valence-corrected chi connectivity index (χ0v) is 8.41. The van der Waals surface area contributed by atoms with Gasteiger partial charge >= 0.3 is 0 Å². The van der Waals surface area contributed by atoms with Crippen LogP contribution in [0, 0.1) is 0 Å². The van der Waals surface area contributed by atoms with Crippen molar-refractivity contribution >= 4 is 8.07 Å². The summed E-state index contributed by atoms with van der Waals surface area (Å²) < 4.78 is 0. The van der Waals surface area contributed by atoms with Gasteiger partial charge in [-0.05, 0) is 5.54 Å². The highest BCUT2D eigenvalue weighted by atomic mass is 28.3. The zero-order valence-electron chi connectivity index (χ0n) is 7.41. The van der Waals surface area contributed by atoms with Crippen LogP contribution in [-0.2, 0) is 0 Å². The van der Waals surface area contributed by atoms with Crippen molar-refractivity contribution in [2.24, 2.45) is 0 Å². The number of hydrogen-bond acceptors (Lipinski definition) is 0. The van der Waals surface area contributed by atoms with E-state index in [0.717, 1.165) is 5.54 Å². The maximum atomic E-state index is 2.54. The lowest BCUT2D eigenvalue weighted by Crippen LogP contribution is -2.33. The first-order valence-corrected chi connectivity index (χ1v) is 7.41. The summed E-state index contributed by atoms with van der Waals surface area (Å²) in [5.41, 5.74) is 1.09. The van der Waals surface area contributed by atoms with Crippen LogP contribution in [0.1, 0.15) is 26.2 Å². The Bertz CT molecular complexity index is 101. The molecule has 1 heterocycles. The third kappa shape index (κ3) is 2.10. The van der Waals surface area contributed by atoms with Gasteiger partial charge < -0.3 is 5.48 Å². The van der Waals surface area contributed by atoms with Crippen molar-refractivity contribution in [2.45, 2.75) is 50.9 Å². The molecule has 0 radical (unpaired) electrons. The summed E-state index contributed by atoms with van der Waals surface area (Å²) >= 11 is 0. The summed E-state index contributed by atoms with van der Waals surface area (Å²) in [5.74, 6) is 0. The lowest BCUT2D eigenvalue weighted by Gasteiger charge is -2.34. The topological polar surface area (TPSA) is 31.5 Å². The minimum atomic E-state index is -0.694. The summed E-state index contributed by atoms with van der Waals surface area (Å²) in [6.07, 6.45) is 4.53. The summed E-state index contributed by atoms with van der Waals surface area (Å²) in [5, 5.41) is 0. The van der Waals surface area contributed by atoms with Gasteiger partial charge in [0.1, 0.15) is 0 Å². The molecule has 1 unspecified atom stereocenters. The highest BCUT2D eigenvalue weighted by Gasteiger charge is 2.30. The van der Waals surface area contributed by atoms with Gasteiger partial charge in [0.25, 0.3) is 0 Å². The third-order valence-electron chi connectivity index (χ3n) is 3.04. The van der Waals surface area contributed by atoms with Crippen LogP contribution in [0.25, 0.3) is 0 Å². The van der Waals surface area contributed by atoms with Crippen molar-refractivity contribution in [3.8, 4) is 0 Å². The Labute approximate surface area is 65.1 Å². The third-order valence-corrected chi connectivity index (χ3v) is 7.64. The second-order valence-corrected chi connectivity index (χ2v) is 9.60. The molecule has 0 saturated carbocycles. The van der Waals surface area contributed by atoms with Gasteiger partial charge in [0, 0.05) is 0 Å². The molecular weight excluding hydrogens is 140 g/mol. The van der Waals surface area contributed by atoms with E-state index in [1.807, 2.05) is 0 Å². The van der Waals surface area contributed by atoms with Crippen LogP contribution in [0.2, 0.25) is 24.7 Å². The van der Waals surface area contributed by atoms with Crippen LogP contribution in [0.15, 0.2) is 0 Å². The van der Waals surface area contributed by atoms with Crippen molar-refractivity contribution in [3.05, 3.63) is 0 Å². The van der Waals surface area contributed by atoms with Gasteiger partial charge in [-0.15, -0.1) is 0 Å². The molecule has 0 aromatic rings. The molecule has 10 heavy (non-hydrogen) atoms. The van der Waals surface area contributed by atoms with E-state index in [2.05, 4.69) is 20.0 Å². The van der Waals surface area contributed by atoms with Crippen molar-refractivity contribution in [3.63, 3.8) is 0 Å². The van der Waals surface area contributed by atoms with Crippen molar-refractivity contribution < 1.29 is 5.48 Å². The second-order valence-electron chi connectivity index (χ2n) is 4.14. The SMILES string of the molecule is CC1CCCC[Si]1(C)C.O. The maximum absolute atomic E-state index is 2.54. The van der Waals surface area contributed by atoms with E-state index in [9.17, 15) is 0 Å². The smallest absolute Gasteiger partial charge is 0.0502 e. The monoisotopic (exact) mass is 160 g/mol. The fourth-order valence-corrected chi connectivity index (χ4v) is 4.31. The normalized spacial score (nSPS) is 30.9. The molecule has 0 aromatic carbocycles. The minimum Gasteiger partial charge on any atom is -0.412 e. The molecule has 1 atom stereocenters. The molecule has 0 aromatic heterocycles.